The third-order valence-corrected chi connectivity index (χ3v) is 4.23. The maximum absolute atomic E-state index is 9.55. The lowest BCUT2D eigenvalue weighted by molar-refractivity contribution is 0.280. The van der Waals surface area contributed by atoms with Gasteiger partial charge in [-0.15, -0.1) is 0 Å². The lowest BCUT2D eigenvalue weighted by Crippen LogP contribution is -2.16. The van der Waals surface area contributed by atoms with E-state index in [0.717, 1.165) is 16.7 Å². The maximum Gasteiger partial charge on any atom is 0.293 e. The van der Waals surface area contributed by atoms with Crippen molar-refractivity contribution in [2.45, 2.75) is 40.5 Å². The minimum atomic E-state index is 0.0578. The summed E-state index contributed by atoms with van der Waals surface area (Å²) in [6, 6.07) is 5.66. The molecule has 24 heavy (non-hydrogen) atoms. The Labute approximate surface area is 140 Å². The van der Waals surface area contributed by atoms with Gasteiger partial charge in [-0.1, -0.05) is 11.2 Å². The van der Waals surface area contributed by atoms with Crippen LogP contribution in [0.2, 0.25) is 0 Å². The van der Waals surface area contributed by atoms with Crippen LogP contribution in [0.1, 0.15) is 33.6 Å². The van der Waals surface area contributed by atoms with Gasteiger partial charge >= 0.3 is 0 Å². The molecule has 0 fully saturated rings. The quantitative estimate of drug-likeness (QED) is 0.724. The van der Waals surface area contributed by atoms with Crippen LogP contribution in [-0.2, 0) is 19.7 Å². The van der Waals surface area contributed by atoms with Gasteiger partial charge in [-0.25, -0.2) is 0 Å². The highest BCUT2D eigenvalue weighted by molar-refractivity contribution is 5.44. The number of aryl methyl sites for hydroxylation is 2. The SMILES string of the molecule is Cc1cc(C)c(CNCc2noc(-c3ccco3)n2)c(C)c1CO. The molecule has 2 heterocycles. The van der Waals surface area contributed by atoms with Crippen LogP contribution < -0.4 is 5.32 Å². The summed E-state index contributed by atoms with van der Waals surface area (Å²) >= 11 is 0. The second kappa shape index (κ2) is 6.98. The smallest absolute Gasteiger partial charge is 0.293 e. The van der Waals surface area contributed by atoms with E-state index in [4.69, 9.17) is 8.94 Å². The molecular formula is C18H21N3O3. The summed E-state index contributed by atoms with van der Waals surface area (Å²) in [5.41, 5.74) is 5.65. The van der Waals surface area contributed by atoms with Gasteiger partial charge in [0, 0.05) is 6.54 Å². The highest BCUT2D eigenvalue weighted by Gasteiger charge is 2.12. The molecule has 0 unspecified atom stereocenters. The Kier molecular flexibility index (Phi) is 4.78. The second-order valence-electron chi connectivity index (χ2n) is 5.85. The monoisotopic (exact) mass is 327 g/mol. The first-order valence-electron chi connectivity index (χ1n) is 7.86. The number of aromatic nitrogens is 2. The predicted octanol–water partition coefficient (Wildman–Crippen LogP) is 3.04. The Balaban J connectivity index is 1.67. The van der Waals surface area contributed by atoms with E-state index in [1.165, 1.54) is 11.1 Å². The molecule has 126 valence electrons. The molecule has 0 saturated carbocycles. The van der Waals surface area contributed by atoms with Gasteiger partial charge < -0.3 is 19.4 Å². The average molecular weight is 327 g/mol. The van der Waals surface area contributed by atoms with Crippen molar-refractivity contribution in [1.29, 1.82) is 0 Å². The number of hydrogen-bond donors (Lipinski definition) is 2. The van der Waals surface area contributed by atoms with Crippen molar-refractivity contribution in [3.63, 3.8) is 0 Å². The number of aliphatic hydroxyl groups excluding tert-OH is 1. The summed E-state index contributed by atoms with van der Waals surface area (Å²) in [5.74, 6) is 1.51. The largest absolute Gasteiger partial charge is 0.459 e. The normalized spacial score (nSPS) is 11.2. The van der Waals surface area contributed by atoms with Gasteiger partial charge in [0.25, 0.3) is 5.89 Å². The average Bonchev–Trinajstić information content (AvgIpc) is 3.21. The number of aliphatic hydroxyl groups is 1. The third-order valence-electron chi connectivity index (χ3n) is 4.23. The van der Waals surface area contributed by atoms with E-state index in [-0.39, 0.29) is 6.61 Å². The molecule has 1 aromatic carbocycles. The summed E-state index contributed by atoms with van der Waals surface area (Å²) in [4.78, 5) is 4.30. The standard InChI is InChI=1S/C18H21N3O3/c1-11-7-12(2)15(10-22)13(3)14(11)8-19-9-17-20-18(24-21-17)16-5-4-6-23-16/h4-7,19,22H,8-10H2,1-3H3. The summed E-state index contributed by atoms with van der Waals surface area (Å²) in [6.45, 7) is 7.38. The Hall–Kier alpha value is -2.44. The summed E-state index contributed by atoms with van der Waals surface area (Å²) in [6.07, 6.45) is 1.57. The molecule has 2 aromatic heterocycles. The number of furan rings is 1. The second-order valence-corrected chi connectivity index (χ2v) is 5.85. The Bertz CT molecular complexity index is 822. The van der Waals surface area contributed by atoms with E-state index in [9.17, 15) is 5.11 Å². The molecule has 0 aliphatic heterocycles. The Morgan fingerprint density at radius 1 is 1.12 bits per heavy atom. The molecule has 3 rings (SSSR count). The fourth-order valence-corrected chi connectivity index (χ4v) is 2.91. The fourth-order valence-electron chi connectivity index (χ4n) is 2.91. The molecule has 0 aliphatic rings. The van der Waals surface area contributed by atoms with Crippen molar-refractivity contribution in [3.05, 3.63) is 58.1 Å². The fraction of sp³-hybridized carbons (Fsp3) is 0.333. The van der Waals surface area contributed by atoms with Crippen LogP contribution in [0.4, 0.5) is 0 Å². The maximum atomic E-state index is 9.55. The van der Waals surface area contributed by atoms with Gasteiger partial charge in [0.1, 0.15) is 0 Å². The van der Waals surface area contributed by atoms with Crippen molar-refractivity contribution < 1.29 is 14.0 Å². The number of benzene rings is 1. The number of hydrogen-bond acceptors (Lipinski definition) is 6. The van der Waals surface area contributed by atoms with Crippen molar-refractivity contribution in [2.24, 2.45) is 0 Å². The van der Waals surface area contributed by atoms with Crippen LogP contribution in [-0.4, -0.2) is 15.2 Å². The third kappa shape index (κ3) is 3.25. The molecule has 2 N–H and O–H groups in total. The van der Waals surface area contributed by atoms with Gasteiger partial charge in [-0.2, -0.15) is 4.98 Å². The van der Waals surface area contributed by atoms with Gasteiger partial charge in [0.15, 0.2) is 11.6 Å². The summed E-state index contributed by atoms with van der Waals surface area (Å²) in [5, 5.41) is 16.8. The van der Waals surface area contributed by atoms with E-state index in [0.29, 0.717) is 30.6 Å². The van der Waals surface area contributed by atoms with Crippen molar-refractivity contribution in [2.75, 3.05) is 0 Å². The molecule has 0 spiro atoms. The predicted molar refractivity (Wildman–Crippen MR) is 89.1 cm³/mol. The van der Waals surface area contributed by atoms with E-state index < -0.39 is 0 Å². The minimum absolute atomic E-state index is 0.0578. The van der Waals surface area contributed by atoms with Gasteiger partial charge in [-0.3, -0.25) is 0 Å². The zero-order valence-corrected chi connectivity index (χ0v) is 14.1. The van der Waals surface area contributed by atoms with Crippen LogP contribution in [0.15, 0.2) is 33.4 Å². The van der Waals surface area contributed by atoms with E-state index >= 15 is 0 Å². The van der Waals surface area contributed by atoms with Crippen molar-refractivity contribution in [1.82, 2.24) is 15.5 Å². The highest BCUT2D eigenvalue weighted by Crippen LogP contribution is 2.22. The first-order valence-corrected chi connectivity index (χ1v) is 7.86. The minimum Gasteiger partial charge on any atom is -0.459 e. The molecule has 0 amide bonds. The van der Waals surface area contributed by atoms with E-state index in [1.54, 1.807) is 18.4 Å². The highest BCUT2D eigenvalue weighted by atomic mass is 16.5. The Morgan fingerprint density at radius 3 is 2.62 bits per heavy atom. The number of nitrogens with zero attached hydrogens (tertiary/aromatic N) is 2. The summed E-state index contributed by atoms with van der Waals surface area (Å²) in [7, 11) is 0. The van der Waals surface area contributed by atoms with E-state index in [2.05, 4.69) is 28.4 Å². The number of nitrogens with one attached hydrogen (secondary N) is 1. The van der Waals surface area contributed by atoms with Crippen molar-refractivity contribution >= 4 is 0 Å². The molecule has 0 aliphatic carbocycles. The molecule has 0 saturated heterocycles. The molecule has 6 nitrogen and oxygen atoms in total. The zero-order valence-electron chi connectivity index (χ0n) is 14.1. The van der Waals surface area contributed by atoms with Crippen LogP contribution in [0.25, 0.3) is 11.7 Å². The van der Waals surface area contributed by atoms with Gasteiger partial charge in [-0.05, 0) is 60.7 Å². The lowest BCUT2D eigenvalue weighted by Gasteiger charge is -2.16. The number of rotatable bonds is 6. The first-order chi connectivity index (χ1) is 11.6. The summed E-state index contributed by atoms with van der Waals surface area (Å²) < 4.78 is 10.4. The lowest BCUT2D eigenvalue weighted by atomic mass is 9.94. The molecule has 0 atom stereocenters. The topological polar surface area (TPSA) is 84.3 Å². The van der Waals surface area contributed by atoms with Gasteiger partial charge in [0.05, 0.1) is 19.4 Å². The zero-order chi connectivity index (χ0) is 17.1. The molecule has 3 aromatic rings. The molecule has 0 bridgehead atoms. The molecular weight excluding hydrogens is 306 g/mol. The van der Waals surface area contributed by atoms with E-state index in [1.807, 2.05) is 13.8 Å². The first kappa shape index (κ1) is 16.4. The molecule has 6 heteroatoms. The molecule has 0 radical (unpaired) electrons. The van der Waals surface area contributed by atoms with Crippen LogP contribution in [0.5, 0.6) is 0 Å². The van der Waals surface area contributed by atoms with Crippen LogP contribution in [0, 0.1) is 20.8 Å². The van der Waals surface area contributed by atoms with Gasteiger partial charge in [0.2, 0.25) is 0 Å². The Morgan fingerprint density at radius 2 is 1.92 bits per heavy atom. The van der Waals surface area contributed by atoms with Crippen molar-refractivity contribution in [3.8, 4) is 11.7 Å². The van der Waals surface area contributed by atoms with Crippen LogP contribution in [0.3, 0.4) is 0 Å². The van der Waals surface area contributed by atoms with Crippen LogP contribution >= 0.6 is 0 Å².